The fraction of sp³-hybridized carbons (Fsp3) is 0.273. The van der Waals surface area contributed by atoms with E-state index in [0.717, 1.165) is 21.8 Å². The number of carbonyl (C=O) groups is 4. The van der Waals surface area contributed by atoms with Crippen LogP contribution in [-0.2, 0) is 32.2 Å². The van der Waals surface area contributed by atoms with Gasteiger partial charge in [-0.05, 0) is 40.5 Å². The lowest BCUT2D eigenvalue weighted by atomic mass is 9.55. The normalized spacial score (nSPS) is 22.0. The topological polar surface area (TPSA) is 78.0 Å². The Kier molecular flexibility index (Phi) is 6.92. The Hall–Kier alpha value is -2.94. The Bertz CT molecular complexity index is 1370. The molecule has 2 aliphatic rings. The number of fused-ring (bicyclic) bond motifs is 1. The van der Waals surface area contributed by atoms with E-state index in [0.29, 0.717) is 16.7 Å². The third kappa shape index (κ3) is 4.19. The molecule has 0 aliphatic carbocycles. The van der Waals surface area contributed by atoms with Crippen LogP contribution in [0.2, 0.25) is 10.8 Å². The number of piperidine rings is 1. The second kappa shape index (κ2) is 9.36. The molecule has 0 saturated carbocycles. The van der Waals surface area contributed by atoms with Crippen molar-refractivity contribution in [2.75, 3.05) is 0 Å². The minimum atomic E-state index is -3.78. The Morgan fingerprint density at radius 3 is 2.26 bits per heavy atom. The van der Waals surface area contributed by atoms with Crippen molar-refractivity contribution in [1.82, 2.24) is 14.5 Å². The van der Waals surface area contributed by atoms with E-state index in [-0.39, 0.29) is 29.8 Å². The van der Waals surface area contributed by atoms with E-state index < -0.39 is 39.9 Å². The number of nitrogens with zero attached hydrogens (tertiary/aromatic N) is 3. The molecule has 0 bridgehead atoms. The van der Waals surface area contributed by atoms with Crippen molar-refractivity contribution in [3.63, 3.8) is 0 Å². The second-order valence-electron chi connectivity index (χ2n) is 10.8. The summed E-state index contributed by atoms with van der Waals surface area (Å²) in [7, 11) is 9.46. The summed E-state index contributed by atoms with van der Waals surface area (Å²) in [5.41, 5.74) is -0.124. The highest BCUT2D eigenvalue weighted by molar-refractivity contribution is 6.44. The molecule has 0 aromatic heterocycles. The molecule has 2 aromatic rings. The summed E-state index contributed by atoms with van der Waals surface area (Å²) < 4.78 is 30.3. The van der Waals surface area contributed by atoms with Crippen LogP contribution >= 0.6 is 11.6 Å². The molecule has 4 amide bonds. The van der Waals surface area contributed by atoms with Crippen LogP contribution in [-0.4, -0.2) is 90.9 Å². The molecule has 190 valence electrons. The Labute approximate surface area is 230 Å². The van der Waals surface area contributed by atoms with Crippen molar-refractivity contribution in [2.24, 2.45) is 0 Å². The molecule has 2 heterocycles. The van der Waals surface area contributed by atoms with Crippen LogP contribution in [0.4, 0.5) is 8.78 Å². The minimum Gasteiger partial charge on any atom is -0.393 e. The van der Waals surface area contributed by atoms with E-state index in [4.69, 9.17) is 11.6 Å². The smallest absolute Gasteiger partial charge is 0.348 e. The zero-order valence-electron chi connectivity index (χ0n) is 22.1. The quantitative estimate of drug-likeness (QED) is 0.302. The van der Waals surface area contributed by atoms with Gasteiger partial charge < -0.3 is 14.5 Å². The molecule has 16 heteroatoms. The molecule has 38 heavy (non-hydrogen) atoms. The fourth-order valence-corrected chi connectivity index (χ4v) is 5.29. The van der Waals surface area contributed by atoms with Gasteiger partial charge in [-0.15, -0.1) is 0 Å². The maximum absolute atomic E-state index is 15.1. The van der Waals surface area contributed by atoms with E-state index >= 15 is 8.78 Å². The number of halogens is 3. The van der Waals surface area contributed by atoms with Gasteiger partial charge in [0.25, 0.3) is 11.8 Å². The molecule has 1 saturated heterocycles. The Balaban J connectivity index is 1.63. The number of hydrogen-bond donors (Lipinski definition) is 0. The molecule has 2 atom stereocenters. The predicted octanol–water partition coefficient (Wildman–Crippen LogP) is -3.10. The number of amides is 4. The molecule has 2 aromatic carbocycles. The average Bonchev–Trinajstić information content (AvgIpc) is 3.21. The molecule has 2 aliphatic heterocycles. The maximum Gasteiger partial charge on any atom is 0.348 e. The molecule has 0 N–H and O–H groups in total. The molecule has 0 radical (unpaired) electrons. The van der Waals surface area contributed by atoms with E-state index in [9.17, 15) is 19.2 Å². The van der Waals surface area contributed by atoms with Crippen LogP contribution in [0.1, 0.15) is 33.5 Å². The van der Waals surface area contributed by atoms with Crippen LogP contribution < -0.4 is 0 Å². The standard InChI is InChI=1S/C22H24B6ClF2N3O4/c23-15-8-16(35)33(27)18(37)20(15,24)32-9-10-7-12(3-6-14(10)17(32)36)22(25,26)34(28)19(38)21(30,31)11-1-4-13(29)5-2-11/h1-7,15H,8-9,23-28H2. The fourth-order valence-electron chi connectivity index (χ4n) is 5.16. The Morgan fingerprint density at radius 2 is 1.66 bits per heavy atom. The van der Waals surface area contributed by atoms with Gasteiger partial charge in [0.15, 0.2) is 0 Å². The Morgan fingerprint density at radius 1 is 1.08 bits per heavy atom. The summed E-state index contributed by atoms with van der Waals surface area (Å²) in [5, 5.41) is -0.882. The number of carbonyl (C=O) groups excluding carboxylic acids is 4. The summed E-state index contributed by atoms with van der Waals surface area (Å²) >= 11 is 5.81. The van der Waals surface area contributed by atoms with Crippen molar-refractivity contribution >= 4 is 82.6 Å². The molecule has 1 fully saturated rings. The van der Waals surface area contributed by atoms with E-state index in [1.165, 1.54) is 33.0 Å². The van der Waals surface area contributed by atoms with E-state index in [1.54, 1.807) is 49.6 Å². The van der Waals surface area contributed by atoms with Gasteiger partial charge in [-0.1, -0.05) is 35.9 Å². The van der Waals surface area contributed by atoms with Crippen LogP contribution in [0, 0.1) is 0 Å². The van der Waals surface area contributed by atoms with Gasteiger partial charge >= 0.3 is 5.92 Å². The minimum absolute atomic E-state index is 0.116. The van der Waals surface area contributed by atoms with Crippen LogP contribution in [0.25, 0.3) is 0 Å². The summed E-state index contributed by atoms with van der Waals surface area (Å²) in [6.45, 7) is 0.116. The monoisotopic (exact) mass is 533 g/mol. The summed E-state index contributed by atoms with van der Waals surface area (Å²) in [6, 6.07) is 9.80. The van der Waals surface area contributed by atoms with Crippen LogP contribution in [0.5, 0.6) is 0 Å². The molecule has 2 unspecified atom stereocenters. The number of benzene rings is 2. The zero-order valence-corrected chi connectivity index (χ0v) is 22.9. The van der Waals surface area contributed by atoms with E-state index in [2.05, 4.69) is 0 Å². The van der Waals surface area contributed by atoms with Crippen molar-refractivity contribution in [2.45, 2.75) is 35.5 Å². The number of rotatable bonds is 5. The summed E-state index contributed by atoms with van der Waals surface area (Å²) in [4.78, 5) is 55.3. The molecular weight excluding hydrogens is 509 g/mol. The van der Waals surface area contributed by atoms with Crippen LogP contribution in [0.3, 0.4) is 0 Å². The summed E-state index contributed by atoms with van der Waals surface area (Å²) in [6.07, 6.45) is 0.131. The van der Waals surface area contributed by atoms with Crippen LogP contribution in [0.15, 0.2) is 42.5 Å². The molecular formula is C22H24B6ClF2N3O4. The van der Waals surface area contributed by atoms with Crippen molar-refractivity contribution in [3.8, 4) is 0 Å². The zero-order chi connectivity index (χ0) is 28.4. The first-order chi connectivity index (χ1) is 17.5. The predicted molar refractivity (Wildman–Crippen MR) is 154 cm³/mol. The van der Waals surface area contributed by atoms with Gasteiger partial charge in [0.2, 0.25) is 27.8 Å². The lowest BCUT2D eigenvalue weighted by molar-refractivity contribution is -0.155. The number of alkyl halides is 2. The third-order valence-electron chi connectivity index (χ3n) is 8.35. The largest absolute Gasteiger partial charge is 0.393 e. The molecule has 7 nitrogen and oxygen atoms in total. The van der Waals surface area contributed by atoms with Gasteiger partial charge in [0.1, 0.15) is 31.4 Å². The molecule has 0 spiro atoms. The van der Waals surface area contributed by atoms with Crippen molar-refractivity contribution in [1.29, 1.82) is 0 Å². The number of hydrogen-bond acceptors (Lipinski definition) is 4. The summed E-state index contributed by atoms with van der Waals surface area (Å²) in [5.74, 6) is -6.64. The highest BCUT2D eigenvalue weighted by atomic mass is 35.5. The first-order valence-corrected chi connectivity index (χ1v) is 12.6. The third-order valence-corrected chi connectivity index (χ3v) is 8.60. The highest BCUT2D eigenvalue weighted by Gasteiger charge is 2.54. The van der Waals surface area contributed by atoms with Crippen molar-refractivity contribution < 1.29 is 28.0 Å². The van der Waals surface area contributed by atoms with Gasteiger partial charge in [-0.3, -0.25) is 19.2 Å². The van der Waals surface area contributed by atoms with Gasteiger partial charge in [0.05, 0.1) is 5.44 Å². The first-order valence-electron chi connectivity index (χ1n) is 12.2. The van der Waals surface area contributed by atoms with Crippen molar-refractivity contribution in [3.05, 3.63) is 69.7 Å². The lowest BCUT2D eigenvalue weighted by Gasteiger charge is -2.47. The maximum atomic E-state index is 15.1. The highest BCUT2D eigenvalue weighted by Crippen LogP contribution is 2.40. The first kappa shape index (κ1) is 28.1. The van der Waals surface area contributed by atoms with Gasteiger partial charge in [-0.25, -0.2) is 0 Å². The molecule has 4 rings (SSSR count). The van der Waals surface area contributed by atoms with Gasteiger partial charge in [0, 0.05) is 29.1 Å². The lowest BCUT2D eigenvalue weighted by Crippen LogP contribution is -2.66. The second-order valence-corrected chi connectivity index (χ2v) is 11.2. The number of imide groups is 1. The van der Waals surface area contributed by atoms with Gasteiger partial charge in [-0.2, -0.15) is 8.78 Å². The van der Waals surface area contributed by atoms with E-state index in [1.807, 2.05) is 0 Å². The SMILES string of the molecule is BC1CC(=O)N(B)C(=O)C1(B)N1Cc2cc(C(B)(B)N(B)C(=O)C(F)(F)c3ccc(Cl)cc3)ccc2C1=O. The average molecular weight is 533 g/mol.